The minimum atomic E-state index is -0.457. The summed E-state index contributed by atoms with van der Waals surface area (Å²) < 4.78 is 5.17. The number of hydrogen-bond acceptors (Lipinski definition) is 6. The number of nitrogens with one attached hydrogen (secondary N) is 1. The first-order valence-corrected chi connectivity index (χ1v) is 8.09. The lowest BCUT2D eigenvalue weighted by Gasteiger charge is -2.28. The zero-order valence-corrected chi connectivity index (χ0v) is 13.5. The third-order valence-electron chi connectivity index (χ3n) is 3.36. The Bertz CT molecular complexity index is 674. The molecule has 0 bridgehead atoms. The smallest absolute Gasteiger partial charge is 0.336 e. The summed E-state index contributed by atoms with van der Waals surface area (Å²) in [5, 5.41) is 13.5. The molecule has 1 atom stereocenters. The Balaban J connectivity index is 2.61. The van der Waals surface area contributed by atoms with E-state index < -0.39 is 11.9 Å². The van der Waals surface area contributed by atoms with Gasteiger partial charge in [0.15, 0.2) is 0 Å². The molecule has 0 amide bonds. The number of dihydropyridines is 1. The van der Waals surface area contributed by atoms with Gasteiger partial charge in [0.2, 0.25) is 0 Å². The standard InChI is InChI=1S/C16H17N3O2S/c1-4-21-16(20)13-10(2)19-15(22-3)12(8-17)14(13)11-6-5-7-18-9-11/h5-7,9,14,19H,4H2,1-3H3. The van der Waals surface area contributed by atoms with E-state index >= 15 is 0 Å². The Labute approximate surface area is 134 Å². The monoisotopic (exact) mass is 315 g/mol. The van der Waals surface area contributed by atoms with Gasteiger partial charge in [-0.2, -0.15) is 5.26 Å². The molecule has 0 fully saturated rings. The molecule has 6 heteroatoms. The molecule has 1 aromatic heterocycles. The van der Waals surface area contributed by atoms with Crippen LogP contribution in [-0.4, -0.2) is 23.8 Å². The van der Waals surface area contributed by atoms with Crippen LogP contribution in [0.4, 0.5) is 0 Å². The number of allylic oxidation sites excluding steroid dienone is 2. The fourth-order valence-corrected chi connectivity index (χ4v) is 3.07. The van der Waals surface area contributed by atoms with E-state index in [9.17, 15) is 10.1 Å². The van der Waals surface area contributed by atoms with Gasteiger partial charge in [-0.3, -0.25) is 4.98 Å². The van der Waals surface area contributed by atoms with Crippen LogP contribution in [-0.2, 0) is 9.53 Å². The van der Waals surface area contributed by atoms with Crippen molar-refractivity contribution in [2.75, 3.05) is 12.9 Å². The zero-order valence-electron chi connectivity index (χ0n) is 12.7. The molecule has 0 saturated carbocycles. The Morgan fingerprint density at radius 3 is 2.91 bits per heavy atom. The molecular weight excluding hydrogens is 298 g/mol. The highest BCUT2D eigenvalue weighted by Gasteiger charge is 2.35. The van der Waals surface area contributed by atoms with Gasteiger partial charge >= 0.3 is 5.97 Å². The highest BCUT2D eigenvalue weighted by Crippen LogP contribution is 2.40. The largest absolute Gasteiger partial charge is 0.463 e. The second-order valence-corrected chi connectivity index (χ2v) is 5.48. The van der Waals surface area contributed by atoms with Crippen molar-refractivity contribution < 1.29 is 9.53 Å². The first-order chi connectivity index (χ1) is 10.6. The van der Waals surface area contributed by atoms with Crippen LogP contribution in [0.15, 0.2) is 46.4 Å². The molecule has 0 radical (unpaired) electrons. The summed E-state index contributed by atoms with van der Waals surface area (Å²) >= 11 is 1.45. The van der Waals surface area contributed by atoms with Gasteiger partial charge < -0.3 is 10.1 Å². The molecule has 1 aromatic rings. The van der Waals surface area contributed by atoms with Crippen LogP contribution < -0.4 is 5.32 Å². The summed E-state index contributed by atoms with van der Waals surface area (Å²) in [6.45, 7) is 3.87. The lowest BCUT2D eigenvalue weighted by atomic mass is 9.83. The zero-order chi connectivity index (χ0) is 16.1. The highest BCUT2D eigenvalue weighted by molar-refractivity contribution is 8.02. The van der Waals surface area contributed by atoms with Crippen molar-refractivity contribution in [3.8, 4) is 6.07 Å². The quantitative estimate of drug-likeness (QED) is 0.861. The maximum atomic E-state index is 12.4. The molecule has 2 rings (SSSR count). The summed E-state index contributed by atoms with van der Waals surface area (Å²) in [4.78, 5) is 16.5. The Morgan fingerprint density at radius 1 is 1.59 bits per heavy atom. The summed E-state index contributed by atoms with van der Waals surface area (Å²) in [6.07, 6.45) is 5.23. The third kappa shape index (κ3) is 3.00. The third-order valence-corrected chi connectivity index (χ3v) is 4.09. The molecule has 22 heavy (non-hydrogen) atoms. The summed E-state index contributed by atoms with van der Waals surface area (Å²) in [6, 6.07) is 5.89. The number of carbonyl (C=O) groups is 1. The number of esters is 1. The van der Waals surface area contributed by atoms with E-state index in [0.29, 0.717) is 16.8 Å². The summed E-state index contributed by atoms with van der Waals surface area (Å²) in [5.41, 5.74) is 2.48. The molecule has 5 nitrogen and oxygen atoms in total. The van der Waals surface area contributed by atoms with E-state index in [1.54, 1.807) is 25.4 Å². The molecule has 2 heterocycles. The number of aromatic nitrogens is 1. The van der Waals surface area contributed by atoms with E-state index in [0.717, 1.165) is 10.6 Å². The van der Waals surface area contributed by atoms with Crippen LogP contribution in [0, 0.1) is 11.3 Å². The van der Waals surface area contributed by atoms with Crippen molar-refractivity contribution in [3.63, 3.8) is 0 Å². The topological polar surface area (TPSA) is 75.0 Å². The molecule has 0 aromatic carbocycles. The van der Waals surface area contributed by atoms with Gasteiger partial charge in [-0.15, -0.1) is 11.8 Å². The first-order valence-electron chi connectivity index (χ1n) is 6.87. The predicted octanol–water partition coefficient (Wildman–Crippen LogP) is 2.70. The van der Waals surface area contributed by atoms with Gasteiger partial charge in [0.1, 0.15) is 0 Å². The fraction of sp³-hybridized carbons (Fsp3) is 0.312. The van der Waals surface area contributed by atoms with Crippen molar-refractivity contribution >= 4 is 17.7 Å². The van der Waals surface area contributed by atoms with E-state index in [2.05, 4.69) is 16.4 Å². The molecule has 1 unspecified atom stereocenters. The Kier molecular flexibility index (Phi) is 5.23. The van der Waals surface area contributed by atoms with Gasteiger partial charge in [0.05, 0.1) is 34.8 Å². The molecule has 1 N–H and O–H groups in total. The van der Waals surface area contributed by atoms with E-state index in [1.807, 2.05) is 19.2 Å². The predicted molar refractivity (Wildman–Crippen MR) is 85.6 cm³/mol. The van der Waals surface area contributed by atoms with Crippen molar-refractivity contribution in [2.24, 2.45) is 0 Å². The number of thioether (sulfide) groups is 1. The second kappa shape index (κ2) is 7.14. The van der Waals surface area contributed by atoms with Crippen LogP contribution in [0.1, 0.15) is 25.3 Å². The molecule has 114 valence electrons. The van der Waals surface area contributed by atoms with Crippen LogP contribution in [0.25, 0.3) is 0 Å². The normalized spacial score (nSPS) is 17.8. The maximum absolute atomic E-state index is 12.4. The second-order valence-electron chi connectivity index (χ2n) is 4.66. The van der Waals surface area contributed by atoms with Gasteiger partial charge in [-0.1, -0.05) is 6.07 Å². The number of pyridine rings is 1. The summed E-state index contributed by atoms with van der Waals surface area (Å²) in [7, 11) is 0. The number of ether oxygens (including phenoxy) is 1. The number of nitrogens with zero attached hydrogens (tertiary/aromatic N) is 2. The van der Waals surface area contributed by atoms with Crippen molar-refractivity contribution in [2.45, 2.75) is 19.8 Å². The first kappa shape index (κ1) is 16.1. The molecule has 0 saturated heterocycles. The molecule has 0 aliphatic carbocycles. The van der Waals surface area contributed by atoms with Gasteiger partial charge in [-0.25, -0.2) is 4.79 Å². The lowest BCUT2D eigenvalue weighted by molar-refractivity contribution is -0.138. The van der Waals surface area contributed by atoms with Crippen molar-refractivity contribution in [3.05, 3.63) is 52.0 Å². The Morgan fingerprint density at radius 2 is 2.36 bits per heavy atom. The lowest BCUT2D eigenvalue weighted by Crippen LogP contribution is -2.28. The van der Waals surface area contributed by atoms with Gasteiger partial charge in [0, 0.05) is 18.1 Å². The maximum Gasteiger partial charge on any atom is 0.336 e. The molecular formula is C16H17N3O2S. The average molecular weight is 315 g/mol. The average Bonchev–Trinajstić information content (AvgIpc) is 2.54. The number of nitriles is 1. The van der Waals surface area contributed by atoms with E-state index in [1.165, 1.54) is 11.8 Å². The molecule has 1 aliphatic heterocycles. The SMILES string of the molecule is CCOC(=O)C1=C(C)NC(SC)=C(C#N)C1c1cccnc1. The van der Waals surface area contributed by atoms with Crippen LogP contribution in [0.3, 0.4) is 0 Å². The van der Waals surface area contributed by atoms with Crippen molar-refractivity contribution in [1.82, 2.24) is 10.3 Å². The minimum Gasteiger partial charge on any atom is -0.463 e. The van der Waals surface area contributed by atoms with Gasteiger partial charge in [-0.05, 0) is 31.7 Å². The highest BCUT2D eigenvalue weighted by atomic mass is 32.2. The minimum absolute atomic E-state index is 0.288. The van der Waals surface area contributed by atoms with E-state index in [4.69, 9.17) is 4.74 Å². The van der Waals surface area contributed by atoms with E-state index in [-0.39, 0.29) is 6.61 Å². The fourth-order valence-electron chi connectivity index (χ4n) is 2.43. The van der Waals surface area contributed by atoms with Crippen molar-refractivity contribution in [1.29, 1.82) is 5.26 Å². The molecule has 0 spiro atoms. The molecule has 1 aliphatic rings. The number of hydrogen-bond donors (Lipinski definition) is 1. The number of carbonyl (C=O) groups excluding carboxylic acids is 1. The van der Waals surface area contributed by atoms with Crippen LogP contribution in [0.2, 0.25) is 0 Å². The van der Waals surface area contributed by atoms with Crippen LogP contribution in [0.5, 0.6) is 0 Å². The number of rotatable bonds is 4. The van der Waals surface area contributed by atoms with Crippen LogP contribution >= 0.6 is 11.8 Å². The Hall–Kier alpha value is -2.26. The van der Waals surface area contributed by atoms with Gasteiger partial charge in [0.25, 0.3) is 0 Å². The summed E-state index contributed by atoms with van der Waals surface area (Å²) in [5.74, 6) is -0.865.